The lowest BCUT2D eigenvalue weighted by Crippen LogP contribution is -2.28. The van der Waals surface area contributed by atoms with Crippen LogP contribution in [0, 0.1) is 0 Å². The first-order chi connectivity index (χ1) is 4.61. The lowest BCUT2D eigenvalue weighted by Gasteiger charge is -2.18. The molecule has 0 aromatic carbocycles. The van der Waals surface area contributed by atoms with Gasteiger partial charge in [-0.05, 0) is 12.8 Å². The second-order valence-electron chi connectivity index (χ2n) is 2.33. The molecule has 4 nitrogen and oxygen atoms in total. The predicted octanol–water partition coefficient (Wildman–Crippen LogP) is 0.475. The zero-order valence-corrected chi connectivity index (χ0v) is 7.53. The fourth-order valence-electron chi connectivity index (χ4n) is 0.974. The Bertz CT molecular complexity index is 195. The molecule has 1 heterocycles. The standard InChI is InChI=1S/C5H10O4S.ClH/c6-10(7,8)5-1-3-9-4-2-5;/h5H,1-4H2,(H,6,7,8);1H. The molecule has 1 saturated heterocycles. The molecule has 0 radical (unpaired) electrons. The molecule has 0 aromatic rings. The van der Waals surface area contributed by atoms with E-state index in [1.165, 1.54) is 0 Å². The third-order valence-electron chi connectivity index (χ3n) is 1.59. The fraction of sp³-hybridized carbons (Fsp3) is 1.00. The molecule has 0 bridgehead atoms. The van der Waals surface area contributed by atoms with Gasteiger partial charge in [0, 0.05) is 13.2 Å². The monoisotopic (exact) mass is 202 g/mol. The second-order valence-corrected chi connectivity index (χ2v) is 4.02. The maximum Gasteiger partial charge on any atom is 0.267 e. The number of ether oxygens (including phenoxy) is 1. The number of halogens is 1. The summed E-state index contributed by atoms with van der Waals surface area (Å²) in [5.74, 6) is 0. The molecule has 1 aliphatic rings. The Labute approximate surface area is 72.1 Å². The van der Waals surface area contributed by atoms with Gasteiger partial charge in [-0.15, -0.1) is 12.4 Å². The van der Waals surface area contributed by atoms with Crippen molar-refractivity contribution in [1.82, 2.24) is 0 Å². The molecule has 0 spiro atoms. The van der Waals surface area contributed by atoms with Gasteiger partial charge in [-0.25, -0.2) is 0 Å². The first kappa shape index (κ1) is 11.2. The van der Waals surface area contributed by atoms with Crippen molar-refractivity contribution in [3.63, 3.8) is 0 Å². The number of hydrogen-bond acceptors (Lipinski definition) is 3. The molecule has 0 aliphatic carbocycles. The van der Waals surface area contributed by atoms with Gasteiger partial charge in [0.15, 0.2) is 0 Å². The lowest BCUT2D eigenvalue weighted by atomic mass is 10.2. The van der Waals surface area contributed by atoms with E-state index in [-0.39, 0.29) is 12.4 Å². The van der Waals surface area contributed by atoms with Gasteiger partial charge in [0.25, 0.3) is 10.1 Å². The molecule has 0 amide bonds. The molecule has 6 heteroatoms. The zero-order valence-electron chi connectivity index (χ0n) is 5.89. The molecule has 0 aromatic heterocycles. The molecular formula is C5H11ClO4S. The second kappa shape index (κ2) is 4.25. The van der Waals surface area contributed by atoms with Crippen LogP contribution in [-0.4, -0.2) is 31.4 Å². The van der Waals surface area contributed by atoms with Crippen molar-refractivity contribution in [3.05, 3.63) is 0 Å². The van der Waals surface area contributed by atoms with Crippen LogP contribution in [0.25, 0.3) is 0 Å². The molecule has 0 saturated carbocycles. The summed E-state index contributed by atoms with van der Waals surface area (Å²) in [6.07, 6.45) is 0.831. The van der Waals surface area contributed by atoms with Crippen LogP contribution in [-0.2, 0) is 14.9 Å². The first-order valence-electron chi connectivity index (χ1n) is 3.15. The minimum atomic E-state index is -3.81. The van der Waals surface area contributed by atoms with Crippen LogP contribution >= 0.6 is 12.4 Å². The van der Waals surface area contributed by atoms with Crippen LogP contribution in [0.3, 0.4) is 0 Å². The summed E-state index contributed by atoms with van der Waals surface area (Å²) in [5, 5.41) is -0.596. The van der Waals surface area contributed by atoms with Crippen molar-refractivity contribution in [1.29, 1.82) is 0 Å². The highest BCUT2D eigenvalue weighted by Gasteiger charge is 2.24. The summed E-state index contributed by atoms with van der Waals surface area (Å²) in [7, 11) is -3.81. The first-order valence-corrected chi connectivity index (χ1v) is 4.65. The van der Waals surface area contributed by atoms with E-state index in [4.69, 9.17) is 9.29 Å². The minimum absolute atomic E-state index is 0. The van der Waals surface area contributed by atoms with Crippen LogP contribution in [0.15, 0.2) is 0 Å². The molecule has 1 aliphatic heterocycles. The van der Waals surface area contributed by atoms with Crippen LogP contribution in [0.4, 0.5) is 0 Å². The third-order valence-corrected chi connectivity index (χ3v) is 2.90. The Morgan fingerprint density at radius 1 is 1.27 bits per heavy atom. The van der Waals surface area contributed by atoms with Gasteiger partial charge in [0.1, 0.15) is 0 Å². The maximum absolute atomic E-state index is 10.5. The summed E-state index contributed by atoms with van der Waals surface area (Å²) in [6.45, 7) is 0.870. The van der Waals surface area contributed by atoms with Crippen LogP contribution in [0.2, 0.25) is 0 Å². The van der Waals surface area contributed by atoms with Crippen molar-refractivity contribution < 1.29 is 17.7 Å². The van der Waals surface area contributed by atoms with E-state index in [1.807, 2.05) is 0 Å². The normalized spacial score (nSPS) is 20.8. The Hall–Kier alpha value is 0.160. The predicted molar refractivity (Wildman–Crippen MR) is 42.6 cm³/mol. The lowest BCUT2D eigenvalue weighted by molar-refractivity contribution is 0.0969. The van der Waals surface area contributed by atoms with E-state index in [1.54, 1.807) is 0 Å². The summed E-state index contributed by atoms with van der Waals surface area (Å²) < 4.78 is 34.5. The van der Waals surface area contributed by atoms with E-state index in [9.17, 15) is 8.42 Å². The van der Waals surface area contributed by atoms with Crippen molar-refractivity contribution in [3.8, 4) is 0 Å². The van der Waals surface area contributed by atoms with E-state index in [2.05, 4.69) is 0 Å². The molecular weight excluding hydrogens is 192 g/mol. The molecule has 1 fully saturated rings. The van der Waals surface area contributed by atoms with Crippen LogP contribution in [0.1, 0.15) is 12.8 Å². The SMILES string of the molecule is Cl.O=S(=O)(O)C1CCOCC1. The van der Waals surface area contributed by atoms with Gasteiger partial charge in [-0.3, -0.25) is 4.55 Å². The Kier molecular flexibility index (Phi) is 4.31. The Morgan fingerprint density at radius 2 is 1.73 bits per heavy atom. The van der Waals surface area contributed by atoms with Gasteiger partial charge in [0.2, 0.25) is 0 Å². The van der Waals surface area contributed by atoms with Crippen molar-refractivity contribution in [2.24, 2.45) is 0 Å². The molecule has 11 heavy (non-hydrogen) atoms. The van der Waals surface area contributed by atoms with Crippen molar-refractivity contribution >= 4 is 22.5 Å². The van der Waals surface area contributed by atoms with Crippen LogP contribution < -0.4 is 0 Å². The number of rotatable bonds is 1. The average molecular weight is 203 g/mol. The van der Waals surface area contributed by atoms with Crippen molar-refractivity contribution in [2.45, 2.75) is 18.1 Å². The smallest absolute Gasteiger partial charge is 0.267 e. The Morgan fingerprint density at radius 3 is 2.00 bits per heavy atom. The van der Waals surface area contributed by atoms with E-state index in [0.29, 0.717) is 26.1 Å². The van der Waals surface area contributed by atoms with Gasteiger partial charge in [0.05, 0.1) is 5.25 Å². The summed E-state index contributed by atoms with van der Waals surface area (Å²) in [4.78, 5) is 0. The highest BCUT2D eigenvalue weighted by molar-refractivity contribution is 7.86. The molecule has 1 rings (SSSR count). The minimum Gasteiger partial charge on any atom is -0.381 e. The Balaban J connectivity index is 0.000001000. The van der Waals surface area contributed by atoms with Gasteiger partial charge in [-0.1, -0.05) is 0 Å². The van der Waals surface area contributed by atoms with Crippen molar-refractivity contribution in [2.75, 3.05) is 13.2 Å². The summed E-state index contributed by atoms with van der Waals surface area (Å²) >= 11 is 0. The largest absolute Gasteiger partial charge is 0.381 e. The average Bonchev–Trinajstić information content (AvgIpc) is 1.88. The van der Waals surface area contributed by atoms with E-state index >= 15 is 0 Å². The third kappa shape index (κ3) is 3.37. The molecule has 0 atom stereocenters. The van der Waals surface area contributed by atoms with Crippen LogP contribution in [0.5, 0.6) is 0 Å². The summed E-state index contributed by atoms with van der Waals surface area (Å²) in [5.41, 5.74) is 0. The highest BCUT2D eigenvalue weighted by Crippen LogP contribution is 2.13. The van der Waals surface area contributed by atoms with Gasteiger partial charge >= 0.3 is 0 Å². The van der Waals surface area contributed by atoms with E-state index in [0.717, 1.165) is 0 Å². The molecule has 1 N–H and O–H groups in total. The quantitative estimate of drug-likeness (QED) is 0.628. The van der Waals surface area contributed by atoms with Gasteiger partial charge in [-0.2, -0.15) is 8.42 Å². The fourth-order valence-corrected chi connectivity index (χ4v) is 1.76. The molecule has 68 valence electrons. The zero-order chi connectivity index (χ0) is 7.61. The highest BCUT2D eigenvalue weighted by atomic mass is 35.5. The van der Waals surface area contributed by atoms with Gasteiger partial charge < -0.3 is 4.74 Å². The number of hydrogen-bond donors (Lipinski definition) is 1. The molecule has 0 unspecified atom stereocenters. The maximum atomic E-state index is 10.5. The van der Waals surface area contributed by atoms with E-state index < -0.39 is 15.4 Å². The summed E-state index contributed by atoms with van der Waals surface area (Å²) in [6, 6.07) is 0. The topological polar surface area (TPSA) is 63.6 Å².